The molecule has 0 amide bonds. The van der Waals surface area contributed by atoms with Crippen molar-refractivity contribution in [2.45, 2.75) is 11.9 Å². The molecule has 0 atom stereocenters. The van der Waals surface area contributed by atoms with Gasteiger partial charge in [0.15, 0.2) is 0 Å². The summed E-state index contributed by atoms with van der Waals surface area (Å²) in [6.07, 6.45) is 3.56. The zero-order valence-electron chi connectivity index (χ0n) is 9.37. The maximum absolute atomic E-state index is 5.74. The van der Waals surface area contributed by atoms with E-state index in [4.69, 9.17) is 4.74 Å². The largest absolute Gasteiger partial charge is 0.489 e. The van der Waals surface area contributed by atoms with Gasteiger partial charge in [0.2, 0.25) is 0 Å². The lowest BCUT2D eigenvalue weighted by Crippen LogP contribution is -1.96. The van der Waals surface area contributed by atoms with E-state index >= 15 is 0 Å². The number of rotatable bonds is 4. The van der Waals surface area contributed by atoms with Gasteiger partial charge in [-0.15, -0.1) is 0 Å². The van der Waals surface area contributed by atoms with Crippen molar-refractivity contribution in [1.82, 2.24) is 4.98 Å². The number of pyridine rings is 1. The summed E-state index contributed by atoms with van der Waals surface area (Å²) in [7, 11) is 0. The highest BCUT2D eigenvalue weighted by Gasteiger charge is 2.02. The van der Waals surface area contributed by atoms with Crippen molar-refractivity contribution < 1.29 is 4.74 Å². The molecule has 1 aromatic carbocycles. The molecule has 5 heteroatoms. The van der Waals surface area contributed by atoms with Crippen molar-refractivity contribution in [2.75, 3.05) is 0 Å². The van der Waals surface area contributed by atoms with Crippen molar-refractivity contribution in [3.63, 3.8) is 0 Å². The van der Waals surface area contributed by atoms with Crippen LogP contribution in [0, 0.1) is 0 Å². The molecule has 0 saturated heterocycles. The molecule has 2 rings (SSSR count). The molecule has 0 N–H and O–H groups in total. The summed E-state index contributed by atoms with van der Waals surface area (Å²) in [6, 6.07) is 7.95. The summed E-state index contributed by atoms with van der Waals surface area (Å²) in [5.41, 5.74) is 2.20. The lowest BCUT2D eigenvalue weighted by molar-refractivity contribution is 0.305. The Kier molecular flexibility index (Phi) is 5.21. The van der Waals surface area contributed by atoms with Crippen LogP contribution < -0.4 is 4.74 Å². The van der Waals surface area contributed by atoms with Crippen LogP contribution in [-0.4, -0.2) is 4.98 Å². The molecule has 0 spiro atoms. The minimum Gasteiger partial charge on any atom is -0.489 e. The van der Waals surface area contributed by atoms with Gasteiger partial charge >= 0.3 is 0 Å². The van der Waals surface area contributed by atoms with Gasteiger partial charge in [0.25, 0.3) is 0 Å². The fourth-order valence-corrected chi connectivity index (χ4v) is 3.08. The van der Waals surface area contributed by atoms with E-state index in [1.165, 1.54) is 5.56 Å². The Morgan fingerprint density at radius 1 is 1.11 bits per heavy atom. The average Bonchev–Trinajstić information content (AvgIpc) is 2.38. The highest BCUT2D eigenvalue weighted by Crippen LogP contribution is 2.25. The second kappa shape index (κ2) is 6.68. The van der Waals surface area contributed by atoms with Gasteiger partial charge in [0.1, 0.15) is 12.4 Å². The van der Waals surface area contributed by atoms with E-state index in [1.54, 1.807) is 12.4 Å². The number of hydrogen-bond acceptors (Lipinski definition) is 2. The summed E-state index contributed by atoms with van der Waals surface area (Å²) in [4.78, 5) is 4.10. The lowest BCUT2D eigenvalue weighted by atomic mass is 10.2. The van der Waals surface area contributed by atoms with Gasteiger partial charge in [-0.05, 0) is 45.8 Å². The minimum atomic E-state index is 0.510. The van der Waals surface area contributed by atoms with Crippen LogP contribution in [0.5, 0.6) is 5.75 Å². The Morgan fingerprint density at radius 3 is 2.67 bits per heavy atom. The third-order valence-electron chi connectivity index (χ3n) is 2.33. The van der Waals surface area contributed by atoms with Crippen LogP contribution in [0.1, 0.15) is 11.1 Å². The van der Waals surface area contributed by atoms with E-state index in [1.807, 2.05) is 24.3 Å². The normalized spacial score (nSPS) is 10.4. The van der Waals surface area contributed by atoms with Crippen LogP contribution in [0.4, 0.5) is 0 Å². The quantitative estimate of drug-likeness (QED) is 0.625. The molecule has 1 aromatic heterocycles. The van der Waals surface area contributed by atoms with Gasteiger partial charge in [-0.1, -0.05) is 31.9 Å². The zero-order valence-corrected chi connectivity index (χ0v) is 14.1. The fourth-order valence-electron chi connectivity index (χ4n) is 1.44. The molecule has 0 radical (unpaired) electrons. The van der Waals surface area contributed by atoms with E-state index < -0.39 is 0 Å². The van der Waals surface area contributed by atoms with E-state index in [2.05, 4.69) is 52.8 Å². The fraction of sp³-hybridized carbons (Fsp3) is 0.154. The maximum atomic E-state index is 5.74. The molecule has 0 fully saturated rings. The molecular formula is C13H10Br3NO. The van der Waals surface area contributed by atoms with Crippen LogP contribution in [0.15, 0.2) is 45.6 Å². The molecular weight excluding hydrogens is 426 g/mol. The molecule has 0 bridgehead atoms. The molecule has 0 aliphatic rings. The van der Waals surface area contributed by atoms with E-state index in [0.717, 1.165) is 25.6 Å². The van der Waals surface area contributed by atoms with Crippen molar-refractivity contribution in [2.24, 2.45) is 0 Å². The number of halogens is 3. The maximum Gasteiger partial charge on any atom is 0.120 e. The zero-order chi connectivity index (χ0) is 13.0. The standard InChI is InChI=1S/C13H10Br3NO/c14-5-10-4-12(1-2-13(10)16)18-8-9-3-11(15)7-17-6-9/h1-4,6-7H,5,8H2. The second-order valence-corrected chi connectivity index (χ2v) is 6.02. The first-order valence-corrected chi connectivity index (χ1v) is 7.96. The van der Waals surface area contributed by atoms with Gasteiger partial charge in [-0.2, -0.15) is 0 Å². The Labute approximate surface area is 131 Å². The first-order chi connectivity index (χ1) is 8.69. The minimum absolute atomic E-state index is 0.510. The summed E-state index contributed by atoms with van der Waals surface area (Å²) < 4.78 is 7.78. The highest BCUT2D eigenvalue weighted by atomic mass is 79.9. The van der Waals surface area contributed by atoms with E-state index in [-0.39, 0.29) is 0 Å². The Hall–Kier alpha value is -0.390. The van der Waals surface area contributed by atoms with Crippen molar-refractivity contribution >= 4 is 47.8 Å². The molecule has 0 saturated carbocycles. The number of benzene rings is 1. The van der Waals surface area contributed by atoms with Crippen molar-refractivity contribution in [3.8, 4) is 5.75 Å². The van der Waals surface area contributed by atoms with Gasteiger partial charge < -0.3 is 4.74 Å². The number of alkyl halides is 1. The highest BCUT2D eigenvalue weighted by molar-refractivity contribution is 9.11. The Balaban J connectivity index is 2.06. The monoisotopic (exact) mass is 433 g/mol. The predicted molar refractivity (Wildman–Crippen MR) is 83.0 cm³/mol. The molecule has 0 aliphatic heterocycles. The van der Waals surface area contributed by atoms with Crippen LogP contribution in [0.2, 0.25) is 0 Å². The molecule has 94 valence electrons. The summed E-state index contributed by atoms with van der Waals surface area (Å²) in [5.74, 6) is 0.854. The van der Waals surface area contributed by atoms with Gasteiger partial charge in [0, 0.05) is 32.2 Å². The van der Waals surface area contributed by atoms with Gasteiger partial charge in [-0.25, -0.2) is 0 Å². The number of nitrogens with zero attached hydrogens (tertiary/aromatic N) is 1. The third-order valence-corrected chi connectivity index (χ3v) is 4.14. The number of hydrogen-bond donors (Lipinski definition) is 0. The summed E-state index contributed by atoms with van der Waals surface area (Å²) >= 11 is 10.3. The summed E-state index contributed by atoms with van der Waals surface area (Å²) in [6.45, 7) is 0.510. The van der Waals surface area contributed by atoms with Gasteiger partial charge in [0.05, 0.1) is 0 Å². The Bertz CT molecular complexity index is 546. The van der Waals surface area contributed by atoms with Crippen LogP contribution in [-0.2, 0) is 11.9 Å². The van der Waals surface area contributed by atoms with Crippen LogP contribution in [0.25, 0.3) is 0 Å². The van der Waals surface area contributed by atoms with Crippen LogP contribution >= 0.6 is 47.8 Å². The second-order valence-electron chi connectivity index (χ2n) is 3.69. The molecule has 0 aliphatic carbocycles. The smallest absolute Gasteiger partial charge is 0.120 e. The van der Waals surface area contributed by atoms with Crippen molar-refractivity contribution in [1.29, 1.82) is 0 Å². The van der Waals surface area contributed by atoms with E-state index in [0.29, 0.717) is 6.61 Å². The van der Waals surface area contributed by atoms with Crippen molar-refractivity contribution in [3.05, 3.63) is 56.7 Å². The molecule has 18 heavy (non-hydrogen) atoms. The SMILES string of the molecule is BrCc1cc(OCc2cncc(Br)c2)ccc1Br. The topological polar surface area (TPSA) is 22.1 Å². The molecule has 2 aromatic rings. The Morgan fingerprint density at radius 2 is 1.94 bits per heavy atom. The van der Waals surface area contributed by atoms with Crippen LogP contribution in [0.3, 0.4) is 0 Å². The lowest BCUT2D eigenvalue weighted by Gasteiger charge is -2.08. The first-order valence-electron chi connectivity index (χ1n) is 5.25. The average molecular weight is 436 g/mol. The molecule has 0 unspecified atom stereocenters. The summed E-state index contributed by atoms with van der Waals surface area (Å²) in [5, 5.41) is 0.795. The molecule has 2 nitrogen and oxygen atoms in total. The predicted octanol–water partition coefficient (Wildman–Crippen LogP) is 5.08. The number of aromatic nitrogens is 1. The molecule has 1 heterocycles. The van der Waals surface area contributed by atoms with E-state index in [9.17, 15) is 0 Å². The third kappa shape index (κ3) is 3.80. The first kappa shape index (κ1) is 14.0. The number of ether oxygens (including phenoxy) is 1. The van der Waals surface area contributed by atoms with Gasteiger partial charge in [-0.3, -0.25) is 4.98 Å².